The second kappa shape index (κ2) is 7.15. The number of ether oxygens (including phenoxy) is 1. The van der Waals surface area contributed by atoms with Crippen LogP contribution in [0.15, 0.2) is 12.1 Å². The third-order valence-electron chi connectivity index (χ3n) is 4.50. The average molecular weight is 326 g/mol. The van der Waals surface area contributed by atoms with E-state index in [2.05, 4.69) is 0 Å². The molecular formula is C17H24F2N2O2. The molecule has 1 aliphatic rings. The zero-order valence-corrected chi connectivity index (χ0v) is 14.1. The Morgan fingerprint density at radius 3 is 2.65 bits per heavy atom. The molecule has 1 saturated heterocycles. The number of rotatable bonds is 4. The van der Waals surface area contributed by atoms with Gasteiger partial charge < -0.3 is 14.5 Å². The fourth-order valence-corrected chi connectivity index (χ4v) is 2.89. The van der Waals surface area contributed by atoms with Gasteiger partial charge in [0.2, 0.25) is 11.7 Å². The molecule has 6 heteroatoms. The molecule has 1 unspecified atom stereocenters. The Bertz CT molecular complexity index is 580. The number of methoxy groups -OCH3 is 1. The van der Waals surface area contributed by atoms with E-state index in [0.717, 1.165) is 6.42 Å². The molecular weight excluding hydrogens is 302 g/mol. The van der Waals surface area contributed by atoms with Gasteiger partial charge in [-0.1, -0.05) is 13.8 Å². The van der Waals surface area contributed by atoms with Crippen molar-refractivity contribution in [2.45, 2.75) is 33.2 Å². The Morgan fingerprint density at radius 2 is 2.09 bits per heavy atom. The Balaban J connectivity index is 2.15. The van der Waals surface area contributed by atoms with E-state index >= 15 is 0 Å². The van der Waals surface area contributed by atoms with Gasteiger partial charge in [0.05, 0.1) is 7.11 Å². The monoisotopic (exact) mass is 326 g/mol. The number of anilines is 1. The molecule has 0 N–H and O–H groups in total. The van der Waals surface area contributed by atoms with Crippen LogP contribution in [0.5, 0.6) is 5.75 Å². The topological polar surface area (TPSA) is 32.8 Å². The Hall–Kier alpha value is -1.85. The van der Waals surface area contributed by atoms with E-state index in [1.54, 1.807) is 0 Å². The molecule has 0 radical (unpaired) electrons. The highest BCUT2D eigenvalue weighted by Crippen LogP contribution is 2.29. The number of carbonyl (C=O) groups excluding carboxylic acids is 1. The normalized spacial score (nSPS) is 19.7. The summed E-state index contributed by atoms with van der Waals surface area (Å²) in [5.41, 5.74) is 0.573. The van der Waals surface area contributed by atoms with Crippen molar-refractivity contribution in [2.24, 2.45) is 5.92 Å². The van der Waals surface area contributed by atoms with Gasteiger partial charge in [-0.15, -0.1) is 0 Å². The van der Waals surface area contributed by atoms with Crippen LogP contribution in [0.3, 0.4) is 0 Å². The Labute approximate surface area is 136 Å². The summed E-state index contributed by atoms with van der Waals surface area (Å²) in [6, 6.07) is 2.70. The minimum absolute atomic E-state index is 0.0112. The molecule has 0 saturated carbocycles. The van der Waals surface area contributed by atoms with Crippen LogP contribution in [0.1, 0.15) is 27.2 Å². The number of hydrogen-bond acceptors (Lipinski definition) is 3. The van der Waals surface area contributed by atoms with Gasteiger partial charge in [-0.3, -0.25) is 4.79 Å². The van der Waals surface area contributed by atoms with Crippen LogP contribution in [0.4, 0.5) is 14.5 Å². The molecule has 2 atom stereocenters. The fourth-order valence-electron chi connectivity index (χ4n) is 2.89. The molecule has 1 amide bonds. The maximum Gasteiger partial charge on any atom is 0.225 e. The van der Waals surface area contributed by atoms with Crippen LogP contribution >= 0.6 is 0 Å². The van der Waals surface area contributed by atoms with E-state index < -0.39 is 11.6 Å². The third kappa shape index (κ3) is 3.57. The Morgan fingerprint density at radius 1 is 1.39 bits per heavy atom. The zero-order chi connectivity index (χ0) is 17.1. The molecule has 1 aromatic carbocycles. The minimum Gasteiger partial charge on any atom is -0.493 e. The predicted octanol–water partition coefficient (Wildman–Crippen LogP) is 3.06. The quantitative estimate of drug-likeness (QED) is 0.852. The summed E-state index contributed by atoms with van der Waals surface area (Å²) in [7, 11) is 1.31. The lowest BCUT2D eigenvalue weighted by atomic mass is 10.1. The lowest BCUT2D eigenvalue weighted by Crippen LogP contribution is -2.54. The number of piperazine rings is 1. The molecule has 4 nitrogen and oxygen atoms in total. The van der Waals surface area contributed by atoms with Gasteiger partial charge in [-0.2, -0.15) is 4.39 Å². The molecule has 128 valence electrons. The van der Waals surface area contributed by atoms with Gasteiger partial charge in [0.25, 0.3) is 0 Å². The van der Waals surface area contributed by atoms with Crippen molar-refractivity contribution in [2.75, 3.05) is 31.6 Å². The summed E-state index contributed by atoms with van der Waals surface area (Å²) in [5, 5.41) is 0. The van der Waals surface area contributed by atoms with Crippen LogP contribution in [-0.4, -0.2) is 43.6 Å². The molecule has 1 heterocycles. The average Bonchev–Trinajstić information content (AvgIpc) is 2.55. The third-order valence-corrected chi connectivity index (χ3v) is 4.50. The van der Waals surface area contributed by atoms with Crippen LogP contribution in [-0.2, 0) is 4.79 Å². The molecule has 0 bridgehead atoms. The van der Waals surface area contributed by atoms with Gasteiger partial charge in [-0.05, 0) is 13.3 Å². The van der Waals surface area contributed by atoms with Crippen molar-refractivity contribution in [3.05, 3.63) is 23.8 Å². The number of benzene rings is 1. The highest BCUT2D eigenvalue weighted by atomic mass is 19.2. The van der Waals surface area contributed by atoms with E-state index in [0.29, 0.717) is 25.3 Å². The molecule has 0 aromatic heterocycles. The zero-order valence-electron chi connectivity index (χ0n) is 14.1. The number of nitrogens with zero attached hydrogens (tertiary/aromatic N) is 2. The largest absolute Gasteiger partial charge is 0.493 e. The summed E-state index contributed by atoms with van der Waals surface area (Å²) < 4.78 is 32.2. The van der Waals surface area contributed by atoms with E-state index in [-0.39, 0.29) is 23.6 Å². The van der Waals surface area contributed by atoms with Crippen LogP contribution in [0.25, 0.3) is 0 Å². The fraction of sp³-hybridized carbons (Fsp3) is 0.588. The maximum absolute atomic E-state index is 13.7. The van der Waals surface area contributed by atoms with Crippen LogP contribution < -0.4 is 9.64 Å². The summed E-state index contributed by atoms with van der Waals surface area (Å²) in [5.74, 6) is -1.84. The molecule has 0 aliphatic carbocycles. The van der Waals surface area contributed by atoms with Gasteiger partial charge in [0.1, 0.15) is 0 Å². The lowest BCUT2D eigenvalue weighted by Gasteiger charge is -2.42. The molecule has 23 heavy (non-hydrogen) atoms. The summed E-state index contributed by atoms with van der Waals surface area (Å²) in [4.78, 5) is 16.1. The number of halogens is 2. The number of carbonyl (C=O) groups is 1. The highest BCUT2D eigenvalue weighted by Gasteiger charge is 2.29. The van der Waals surface area contributed by atoms with E-state index in [1.165, 1.54) is 19.2 Å². The van der Waals surface area contributed by atoms with Gasteiger partial charge in [0.15, 0.2) is 11.6 Å². The standard InChI is InChI=1S/C17H24F2N2O2/c1-5-11(2)17(22)20-6-7-21(12(3)10-20)13-8-14(18)16(19)15(9-13)23-4/h8-9,11-12H,5-7,10H2,1-4H3/t11?,12-/m0/s1. The van der Waals surface area contributed by atoms with Gasteiger partial charge in [-0.25, -0.2) is 4.39 Å². The summed E-state index contributed by atoms with van der Waals surface area (Å²) in [6.45, 7) is 7.63. The summed E-state index contributed by atoms with van der Waals surface area (Å²) >= 11 is 0. The van der Waals surface area contributed by atoms with Crippen molar-refractivity contribution in [1.82, 2.24) is 4.90 Å². The number of hydrogen-bond donors (Lipinski definition) is 0. The van der Waals surface area contributed by atoms with Gasteiger partial charge in [0, 0.05) is 49.4 Å². The van der Waals surface area contributed by atoms with E-state index in [4.69, 9.17) is 4.74 Å². The first-order chi connectivity index (χ1) is 10.9. The first-order valence-corrected chi connectivity index (χ1v) is 7.97. The lowest BCUT2D eigenvalue weighted by molar-refractivity contribution is -0.135. The van der Waals surface area contributed by atoms with Crippen molar-refractivity contribution < 1.29 is 18.3 Å². The van der Waals surface area contributed by atoms with Crippen molar-refractivity contribution in [3.63, 3.8) is 0 Å². The predicted molar refractivity (Wildman–Crippen MR) is 85.8 cm³/mol. The van der Waals surface area contributed by atoms with Gasteiger partial charge >= 0.3 is 0 Å². The molecule has 1 aromatic rings. The second-order valence-corrected chi connectivity index (χ2v) is 6.08. The first kappa shape index (κ1) is 17.5. The molecule has 1 fully saturated rings. The van der Waals surface area contributed by atoms with Crippen molar-refractivity contribution >= 4 is 11.6 Å². The van der Waals surface area contributed by atoms with Crippen molar-refractivity contribution in [3.8, 4) is 5.75 Å². The summed E-state index contributed by atoms with van der Waals surface area (Å²) in [6.07, 6.45) is 0.813. The van der Waals surface area contributed by atoms with E-state index in [9.17, 15) is 13.6 Å². The van der Waals surface area contributed by atoms with E-state index in [1.807, 2.05) is 30.6 Å². The smallest absolute Gasteiger partial charge is 0.225 e. The van der Waals surface area contributed by atoms with Crippen LogP contribution in [0, 0.1) is 17.6 Å². The SMILES string of the molecule is CCC(C)C(=O)N1CCN(c2cc(F)c(F)c(OC)c2)[C@@H](C)C1. The highest BCUT2D eigenvalue weighted by molar-refractivity contribution is 5.78. The molecule has 0 spiro atoms. The minimum atomic E-state index is -0.977. The van der Waals surface area contributed by atoms with Crippen molar-refractivity contribution in [1.29, 1.82) is 0 Å². The maximum atomic E-state index is 13.7. The molecule has 2 rings (SSSR count). The number of amides is 1. The van der Waals surface area contributed by atoms with Crippen LogP contribution in [0.2, 0.25) is 0 Å². The molecule has 1 aliphatic heterocycles. The second-order valence-electron chi connectivity index (χ2n) is 6.08. The first-order valence-electron chi connectivity index (χ1n) is 7.97. The Kier molecular flexibility index (Phi) is 5.44.